The van der Waals surface area contributed by atoms with Crippen molar-refractivity contribution in [1.82, 2.24) is 0 Å². The fraction of sp³-hybridized carbons (Fsp3) is 0.364. The molecule has 3 N–H and O–H groups in total. The number of nitrogens with two attached hydrogens (primary N) is 1. The summed E-state index contributed by atoms with van der Waals surface area (Å²) < 4.78 is 0. The van der Waals surface area contributed by atoms with Crippen LogP contribution in [0.4, 0.5) is 5.69 Å². The predicted octanol–water partition coefficient (Wildman–Crippen LogP) is 0.527. The Bertz CT molecular complexity index is 365. The monoisotopic (exact) mass is 205 g/mol. The average Bonchev–Trinajstić information content (AvgIpc) is 2.81. The molecule has 2 rings (SSSR count). The minimum absolute atomic E-state index is 0.0397. The maximum absolute atomic E-state index is 9.08. The molecule has 80 valence electrons. The van der Waals surface area contributed by atoms with Gasteiger partial charge in [0.2, 0.25) is 0 Å². The summed E-state index contributed by atoms with van der Waals surface area (Å²) in [5.74, 6) is 0. The number of anilines is 1. The first kappa shape index (κ1) is 10.1. The molecule has 0 aromatic heterocycles. The van der Waals surface area contributed by atoms with Crippen molar-refractivity contribution in [3.05, 3.63) is 29.8 Å². The van der Waals surface area contributed by atoms with Crippen LogP contribution in [-0.4, -0.2) is 31.1 Å². The summed E-state index contributed by atoms with van der Waals surface area (Å²) in [6.45, 7) is 1.67. The molecule has 4 heteroatoms. The Kier molecular flexibility index (Phi) is 2.99. The standard InChI is InChI=1S/C11H15N3O/c12-10(7-15)9-3-1-2-4-11(9)14-6-5-13-8-14/h1-4,8,10,15H,5-7,12H2. The number of aliphatic hydroxyl groups is 1. The Labute approximate surface area is 89.0 Å². The van der Waals surface area contributed by atoms with E-state index >= 15 is 0 Å². The second kappa shape index (κ2) is 4.42. The third kappa shape index (κ3) is 2.00. The van der Waals surface area contributed by atoms with Crippen molar-refractivity contribution < 1.29 is 5.11 Å². The van der Waals surface area contributed by atoms with Gasteiger partial charge in [-0.1, -0.05) is 18.2 Å². The summed E-state index contributed by atoms with van der Waals surface area (Å²) >= 11 is 0. The van der Waals surface area contributed by atoms with Crippen molar-refractivity contribution in [2.45, 2.75) is 6.04 Å². The molecule has 0 saturated carbocycles. The van der Waals surface area contributed by atoms with Gasteiger partial charge in [-0.05, 0) is 11.6 Å². The van der Waals surface area contributed by atoms with E-state index in [2.05, 4.69) is 9.89 Å². The van der Waals surface area contributed by atoms with Crippen LogP contribution in [0.1, 0.15) is 11.6 Å². The fourth-order valence-electron chi connectivity index (χ4n) is 1.72. The van der Waals surface area contributed by atoms with Gasteiger partial charge in [-0.3, -0.25) is 4.99 Å². The summed E-state index contributed by atoms with van der Waals surface area (Å²) in [5.41, 5.74) is 7.85. The van der Waals surface area contributed by atoms with Crippen LogP contribution in [0.15, 0.2) is 29.3 Å². The van der Waals surface area contributed by atoms with Crippen LogP contribution in [0.2, 0.25) is 0 Å². The zero-order chi connectivity index (χ0) is 10.7. The fourth-order valence-corrected chi connectivity index (χ4v) is 1.72. The maximum Gasteiger partial charge on any atom is 0.0895 e. The molecule has 1 atom stereocenters. The van der Waals surface area contributed by atoms with E-state index in [9.17, 15) is 0 Å². The number of benzene rings is 1. The Morgan fingerprint density at radius 1 is 1.47 bits per heavy atom. The zero-order valence-electron chi connectivity index (χ0n) is 8.50. The lowest BCUT2D eigenvalue weighted by Gasteiger charge is -2.20. The molecule has 15 heavy (non-hydrogen) atoms. The van der Waals surface area contributed by atoms with Gasteiger partial charge >= 0.3 is 0 Å². The molecule has 1 unspecified atom stereocenters. The minimum atomic E-state index is -0.324. The largest absolute Gasteiger partial charge is 0.394 e. The number of aliphatic imine (C=N–C) groups is 1. The first-order valence-corrected chi connectivity index (χ1v) is 5.05. The molecule has 0 bridgehead atoms. The van der Waals surface area contributed by atoms with Gasteiger partial charge in [0.25, 0.3) is 0 Å². The molecule has 0 fully saturated rings. The minimum Gasteiger partial charge on any atom is -0.394 e. The lowest BCUT2D eigenvalue weighted by Crippen LogP contribution is -2.23. The van der Waals surface area contributed by atoms with Gasteiger partial charge in [-0.25, -0.2) is 0 Å². The van der Waals surface area contributed by atoms with Crippen LogP contribution >= 0.6 is 0 Å². The molecule has 0 saturated heterocycles. The molecule has 1 aliphatic rings. The highest BCUT2D eigenvalue weighted by molar-refractivity contribution is 5.82. The van der Waals surface area contributed by atoms with E-state index in [1.807, 2.05) is 30.6 Å². The smallest absolute Gasteiger partial charge is 0.0895 e. The lowest BCUT2D eigenvalue weighted by molar-refractivity contribution is 0.268. The second-order valence-corrected chi connectivity index (χ2v) is 3.56. The van der Waals surface area contributed by atoms with E-state index in [1.54, 1.807) is 0 Å². The van der Waals surface area contributed by atoms with E-state index in [4.69, 9.17) is 10.8 Å². The van der Waals surface area contributed by atoms with Gasteiger partial charge in [0.15, 0.2) is 0 Å². The number of hydrogen-bond acceptors (Lipinski definition) is 4. The highest BCUT2D eigenvalue weighted by Crippen LogP contribution is 2.25. The first-order valence-electron chi connectivity index (χ1n) is 5.05. The SMILES string of the molecule is NC(CO)c1ccccc1N1C=NCC1. The van der Waals surface area contributed by atoms with Crippen molar-refractivity contribution in [2.75, 3.05) is 24.6 Å². The summed E-state index contributed by atoms with van der Waals surface area (Å²) in [5, 5.41) is 9.08. The van der Waals surface area contributed by atoms with Crippen molar-refractivity contribution >= 4 is 12.0 Å². The van der Waals surface area contributed by atoms with Gasteiger partial charge in [-0.15, -0.1) is 0 Å². The summed E-state index contributed by atoms with van der Waals surface area (Å²) in [7, 11) is 0. The van der Waals surface area contributed by atoms with Crippen LogP contribution < -0.4 is 10.6 Å². The van der Waals surface area contributed by atoms with E-state index in [1.165, 1.54) is 0 Å². The maximum atomic E-state index is 9.08. The van der Waals surface area contributed by atoms with Crippen molar-refractivity contribution in [3.63, 3.8) is 0 Å². The quantitative estimate of drug-likeness (QED) is 0.756. The number of hydrogen-bond donors (Lipinski definition) is 2. The Morgan fingerprint density at radius 3 is 2.93 bits per heavy atom. The van der Waals surface area contributed by atoms with E-state index < -0.39 is 0 Å². The van der Waals surface area contributed by atoms with Crippen molar-refractivity contribution in [1.29, 1.82) is 0 Å². The Hall–Kier alpha value is -1.39. The summed E-state index contributed by atoms with van der Waals surface area (Å²) in [6, 6.07) is 7.52. The second-order valence-electron chi connectivity index (χ2n) is 3.56. The molecular weight excluding hydrogens is 190 g/mol. The van der Waals surface area contributed by atoms with Crippen LogP contribution in [0.3, 0.4) is 0 Å². The zero-order valence-corrected chi connectivity index (χ0v) is 8.50. The van der Waals surface area contributed by atoms with Crippen LogP contribution in [0.5, 0.6) is 0 Å². The van der Waals surface area contributed by atoms with E-state index in [-0.39, 0.29) is 12.6 Å². The molecular formula is C11H15N3O. The molecule has 0 spiro atoms. The van der Waals surface area contributed by atoms with Crippen LogP contribution in [0, 0.1) is 0 Å². The molecule has 0 aliphatic carbocycles. The van der Waals surface area contributed by atoms with Crippen LogP contribution in [0.25, 0.3) is 0 Å². The highest BCUT2D eigenvalue weighted by Gasteiger charge is 2.15. The Morgan fingerprint density at radius 2 is 2.27 bits per heavy atom. The normalized spacial score (nSPS) is 17.1. The van der Waals surface area contributed by atoms with Crippen molar-refractivity contribution in [2.24, 2.45) is 10.7 Å². The van der Waals surface area contributed by atoms with Gasteiger partial charge in [0.05, 0.1) is 25.5 Å². The van der Waals surface area contributed by atoms with Gasteiger partial charge < -0.3 is 15.7 Å². The molecule has 0 radical (unpaired) electrons. The average molecular weight is 205 g/mol. The highest BCUT2D eigenvalue weighted by atomic mass is 16.3. The molecule has 1 aromatic carbocycles. The summed E-state index contributed by atoms with van der Waals surface area (Å²) in [4.78, 5) is 6.23. The first-order chi connectivity index (χ1) is 7.33. The van der Waals surface area contributed by atoms with E-state index in [0.29, 0.717) is 0 Å². The van der Waals surface area contributed by atoms with Crippen molar-refractivity contribution in [3.8, 4) is 0 Å². The molecule has 0 amide bonds. The van der Waals surface area contributed by atoms with Gasteiger partial charge in [0.1, 0.15) is 0 Å². The van der Waals surface area contributed by atoms with E-state index in [0.717, 1.165) is 24.3 Å². The molecule has 1 aromatic rings. The topological polar surface area (TPSA) is 61.9 Å². The van der Waals surface area contributed by atoms with Crippen LogP contribution in [-0.2, 0) is 0 Å². The Balaban J connectivity index is 2.32. The van der Waals surface area contributed by atoms with Gasteiger partial charge in [-0.2, -0.15) is 0 Å². The molecule has 1 aliphatic heterocycles. The molecule has 4 nitrogen and oxygen atoms in total. The number of rotatable bonds is 3. The number of nitrogens with zero attached hydrogens (tertiary/aromatic N) is 2. The van der Waals surface area contributed by atoms with Gasteiger partial charge in [0, 0.05) is 12.2 Å². The third-order valence-corrected chi connectivity index (χ3v) is 2.53. The predicted molar refractivity (Wildman–Crippen MR) is 61.2 cm³/mol. The summed E-state index contributed by atoms with van der Waals surface area (Å²) in [6.07, 6.45) is 1.82. The lowest BCUT2D eigenvalue weighted by atomic mass is 10.1. The number of aliphatic hydroxyl groups excluding tert-OH is 1. The molecule has 1 heterocycles. The number of para-hydroxylation sites is 1. The third-order valence-electron chi connectivity index (χ3n) is 2.53.